The van der Waals surface area contributed by atoms with Gasteiger partial charge in [-0.25, -0.2) is 0 Å². The number of ether oxygens (including phenoxy) is 1. The summed E-state index contributed by atoms with van der Waals surface area (Å²) in [5.74, 6) is 0.755. The molecule has 0 N–H and O–H groups in total. The van der Waals surface area contributed by atoms with Gasteiger partial charge in [-0.2, -0.15) is 0 Å². The molecule has 21 heavy (non-hydrogen) atoms. The van der Waals surface area contributed by atoms with Gasteiger partial charge in [0.2, 0.25) is 0 Å². The molecule has 110 valence electrons. The maximum Gasteiger partial charge on any atom is 0.150 e. The lowest BCUT2D eigenvalue weighted by molar-refractivity contribution is 0.112. The third-order valence-electron chi connectivity index (χ3n) is 3.24. The number of carbonyl (C=O) groups is 1. The molecule has 0 spiro atoms. The van der Waals surface area contributed by atoms with Gasteiger partial charge in [0.05, 0.1) is 6.61 Å². The van der Waals surface area contributed by atoms with Crippen LogP contribution in [0.1, 0.15) is 22.3 Å². The SMILES string of the molecule is CN(CCCOc1cccc(C=O)c1)Cc1ccccc1. The highest BCUT2D eigenvalue weighted by Crippen LogP contribution is 2.12. The molecule has 0 radical (unpaired) electrons. The standard InChI is InChI=1S/C18H21NO2/c1-19(14-16-7-3-2-4-8-16)11-6-12-21-18-10-5-9-17(13-18)15-20/h2-5,7-10,13,15H,6,11-12,14H2,1H3. The van der Waals surface area contributed by atoms with Crippen LogP contribution < -0.4 is 4.74 Å². The molecule has 3 heteroatoms. The molecule has 0 aliphatic rings. The zero-order valence-corrected chi connectivity index (χ0v) is 12.4. The first-order valence-corrected chi connectivity index (χ1v) is 7.18. The van der Waals surface area contributed by atoms with Crippen molar-refractivity contribution in [1.29, 1.82) is 0 Å². The summed E-state index contributed by atoms with van der Waals surface area (Å²) in [7, 11) is 2.11. The van der Waals surface area contributed by atoms with Gasteiger partial charge in [-0.3, -0.25) is 4.79 Å². The summed E-state index contributed by atoms with van der Waals surface area (Å²) in [6.45, 7) is 2.57. The van der Waals surface area contributed by atoms with Crippen molar-refractivity contribution in [2.75, 3.05) is 20.2 Å². The first kappa shape index (κ1) is 15.3. The molecule has 0 amide bonds. The van der Waals surface area contributed by atoms with Crippen LogP contribution in [-0.4, -0.2) is 31.4 Å². The van der Waals surface area contributed by atoms with E-state index in [1.807, 2.05) is 18.2 Å². The Hall–Kier alpha value is -2.13. The van der Waals surface area contributed by atoms with E-state index in [0.717, 1.165) is 31.5 Å². The van der Waals surface area contributed by atoms with Crippen molar-refractivity contribution in [3.05, 3.63) is 65.7 Å². The Morgan fingerprint density at radius 3 is 2.67 bits per heavy atom. The molecule has 2 aromatic rings. The summed E-state index contributed by atoms with van der Waals surface area (Å²) < 4.78 is 5.66. The van der Waals surface area contributed by atoms with Crippen molar-refractivity contribution in [3.63, 3.8) is 0 Å². The van der Waals surface area contributed by atoms with Crippen molar-refractivity contribution < 1.29 is 9.53 Å². The molecule has 2 rings (SSSR count). The maximum atomic E-state index is 10.7. The minimum Gasteiger partial charge on any atom is -0.494 e. The van der Waals surface area contributed by atoms with E-state index in [2.05, 4.69) is 36.2 Å². The Morgan fingerprint density at radius 2 is 1.90 bits per heavy atom. The largest absolute Gasteiger partial charge is 0.494 e. The van der Waals surface area contributed by atoms with E-state index >= 15 is 0 Å². The van der Waals surface area contributed by atoms with Crippen molar-refractivity contribution in [2.45, 2.75) is 13.0 Å². The van der Waals surface area contributed by atoms with Crippen LogP contribution in [0.5, 0.6) is 5.75 Å². The molecule has 0 heterocycles. The van der Waals surface area contributed by atoms with E-state index in [9.17, 15) is 4.79 Å². The summed E-state index contributed by atoms with van der Waals surface area (Å²) in [5, 5.41) is 0. The van der Waals surface area contributed by atoms with Gasteiger partial charge in [-0.15, -0.1) is 0 Å². The van der Waals surface area contributed by atoms with Crippen molar-refractivity contribution >= 4 is 6.29 Å². The lowest BCUT2D eigenvalue weighted by atomic mass is 10.2. The minimum atomic E-state index is 0.647. The minimum absolute atomic E-state index is 0.647. The highest BCUT2D eigenvalue weighted by atomic mass is 16.5. The molecule has 0 aliphatic carbocycles. The molecule has 0 saturated heterocycles. The van der Waals surface area contributed by atoms with Gasteiger partial charge < -0.3 is 9.64 Å². The van der Waals surface area contributed by atoms with E-state index in [1.165, 1.54) is 5.56 Å². The van der Waals surface area contributed by atoms with Gasteiger partial charge in [0.15, 0.2) is 0 Å². The number of carbonyl (C=O) groups excluding carboxylic acids is 1. The third-order valence-corrected chi connectivity index (χ3v) is 3.24. The van der Waals surface area contributed by atoms with Crippen molar-refractivity contribution in [3.8, 4) is 5.75 Å². The Balaban J connectivity index is 1.68. The fourth-order valence-electron chi connectivity index (χ4n) is 2.18. The average molecular weight is 283 g/mol. The topological polar surface area (TPSA) is 29.5 Å². The van der Waals surface area contributed by atoms with Crippen LogP contribution in [0.15, 0.2) is 54.6 Å². The van der Waals surface area contributed by atoms with Crippen molar-refractivity contribution in [2.24, 2.45) is 0 Å². The van der Waals surface area contributed by atoms with E-state index < -0.39 is 0 Å². The van der Waals surface area contributed by atoms with Gasteiger partial charge in [-0.1, -0.05) is 42.5 Å². The number of aldehydes is 1. The van der Waals surface area contributed by atoms with E-state index in [-0.39, 0.29) is 0 Å². The molecule has 0 unspecified atom stereocenters. The average Bonchev–Trinajstić information content (AvgIpc) is 2.53. The summed E-state index contributed by atoms with van der Waals surface area (Å²) in [4.78, 5) is 13.0. The van der Waals surface area contributed by atoms with E-state index in [1.54, 1.807) is 12.1 Å². The van der Waals surface area contributed by atoms with E-state index in [4.69, 9.17) is 4.74 Å². The number of benzene rings is 2. The predicted octanol–water partition coefficient (Wildman–Crippen LogP) is 3.40. The molecule has 0 saturated carbocycles. The van der Waals surface area contributed by atoms with Crippen LogP contribution >= 0.6 is 0 Å². The molecular formula is C18H21NO2. The Morgan fingerprint density at radius 1 is 1.10 bits per heavy atom. The first-order chi connectivity index (χ1) is 10.3. The fraction of sp³-hybridized carbons (Fsp3) is 0.278. The number of nitrogens with zero attached hydrogens (tertiary/aromatic N) is 1. The highest BCUT2D eigenvalue weighted by molar-refractivity contribution is 5.75. The molecule has 0 aliphatic heterocycles. The zero-order chi connectivity index (χ0) is 14.9. The lowest BCUT2D eigenvalue weighted by Gasteiger charge is -2.16. The van der Waals surface area contributed by atoms with Gasteiger partial charge in [0.25, 0.3) is 0 Å². The van der Waals surface area contributed by atoms with Crippen LogP contribution in [0.25, 0.3) is 0 Å². The van der Waals surface area contributed by atoms with Crippen LogP contribution in [0, 0.1) is 0 Å². The Kier molecular flexibility index (Phi) is 5.98. The second-order valence-corrected chi connectivity index (χ2v) is 5.12. The Bertz CT molecular complexity index is 554. The molecule has 2 aromatic carbocycles. The third kappa shape index (κ3) is 5.40. The number of hydrogen-bond acceptors (Lipinski definition) is 3. The highest BCUT2D eigenvalue weighted by Gasteiger charge is 2.01. The summed E-state index contributed by atoms with van der Waals surface area (Å²) in [6.07, 6.45) is 1.79. The first-order valence-electron chi connectivity index (χ1n) is 7.18. The van der Waals surface area contributed by atoms with Gasteiger partial charge in [-0.05, 0) is 31.2 Å². The molecule has 3 nitrogen and oxygen atoms in total. The smallest absolute Gasteiger partial charge is 0.150 e. The van der Waals surface area contributed by atoms with Gasteiger partial charge in [0, 0.05) is 18.7 Å². The maximum absolute atomic E-state index is 10.7. The predicted molar refractivity (Wildman–Crippen MR) is 84.7 cm³/mol. The monoisotopic (exact) mass is 283 g/mol. The molecular weight excluding hydrogens is 262 g/mol. The lowest BCUT2D eigenvalue weighted by Crippen LogP contribution is -2.20. The van der Waals surface area contributed by atoms with E-state index in [0.29, 0.717) is 12.2 Å². The van der Waals surface area contributed by atoms with Gasteiger partial charge >= 0.3 is 0 Å². The normalized spacial score (nSPS) is 10.6. The van der Waals surface area contributed by atoms with Gasteiger partial charge in [0.1, 0.15) is 12.0 Å². The second kappa shape index (κ2) is 8.22. The number of rotatable bonds is 8. The van der Waals surface area contributed by atoms with Crippen molar-refractivity contribution in [1.82, 2.24) is 4.90 Å². The second-order valence-electron chi connectivity index (χ2n) is 5.12. The van der Waals surface area contributed by atoms with Crippen LogP contribution in [0.2, 0.25) is 0 Å². The summed E-state index contributed by atoms with van der Waals surface area (Å²) >= 11 is 0. The fourth-order valence-corrected chi connectivity index (χ4v) is 2.18. The quantitative estimate of drug-likeness (QED) is 0.549. The molecule has 0 bridgehead atoms. The Labute approximate surface area is 126 Å². The molecule has 0 atom stereocenters. The summed E-state index contributed by atoms with van der Waals surface area (Å²) in [6, 6.07) is 17.7. The summed E-state index contributed by atoms with van der Waals surface area (Å²) in [5.41, 5.74) is 1.97. The molecule has 0 aromatic heterocycles. The molecule has 0 fully saturated rings. The van der Waals surface area contributed by atoms with Crippen LogP contribution in [0.4, 0.5) is 0 Å². The van der Waals surface area contributed by atoms with Crippen LogP contribution in [-0.2, 0) is 6.54 Å². The van der Waals surface area contributed by atoms with Crippen LogP contribution in [0.3, 0.4) is 0 Å². The zero-order valence-electron chi connectivity index (χ0n) is 12.4. The number of hydrogen-bond donors (Lipinski definition) is 0.